The van der Waals surface area contributed by atoms with E-state index < -0.39 is 11.9 Å². The van der Waals surface area contributed by atoms with Crippen LogP contribution in [0.3, 0.4) is 0 Å². The van der Waals surface area contributed by atoms with E-state index >= 15 is 0 Å². The fraction of sp³-hybridized carbons (Fsp3) is 0.111. The fourth-order valence-electron chi connectivity index (χ4n) is 4.18. The number of allylic oxidation sites excluding steroid dienone is 1. The van der Waals surface area contributed by atoms with E-state index in [-0.39, 0.29) is 17.4 Å². The lowest BCUT2D eigenvalue weighted by Crippen LogP contribution is -2.21. The van der Waals surface area contributed by atoms with Crippen LogP contribution >= 0.6 is 15.9 Å². The molecule has 3 aromatic carbocycles. The summed E-state index contributed by atoms with van der Waals surface area (Å²) >= 11 is 3.43. The van der Waals surface area contributed by atoms with Gasteiger partial charge in [-0.15, -0.1) is 0 Å². The van der Waals surface area contributed by atoms with Crippen molar-refractivity contribution >= 4 is 32.9 Å². The quantitative estimate of drug-likeness (QED) is 0.256. The van der Waals surface area contributed by atoms with Crippen molar-refractivity contribution in [2.24, 2.45) is 5.73 Å². The molecular formula is C27H19BrN2O4. The van der Waals surface area contributed by atoms with Crippen molar-refractivity contribution in [1.82, 2.24) is 0 Å². The van der Waals surface area contributed by atoms with Gasteiger partial charge in [0.1, 0.15) is 28.7 Å². The maximum absolute atomic E-state index is 12.9. The molecule has 0 aliphatic carbocycles. The van der Waals surface area contributed by atoms with Crippen LogP contribution in [0.5, 0.6) is 11.5 Å². The molecule has 0 bridgehead atoms. The lowest BCUT2D eigenvalue weighted by Gasteiger charge is -2.26. The van der Waals surface area contributed by atoms with Gasteiger partial charge in [0, 0.05) is 27.1 Å². The molecule has 0 fully saturated rings. The summed E-state index contributed by atoms with van der Waals surface area (Å²) in [6.07, 6.45) is 0. The van der Waals surface area contributed by atoms with Crippen LogP contribution in [0.1, 0.15) is 38.7 Å². The SMILES string of the molecule is Cc1ccc2oc(C(=O)Oc3ccc4c(c3)OC(N)=C(C#N)C4c3ccc(Br)cc3)c(C)c2c1. The summed E-state index contributed by atoms with van der Waals surface area (Å²) in [5.74, 6) is -0.123. The molecule has 2 N–H and O–H groups in total. The first-order chi connectivity index (χ1) is 16.4. The minimum Gasteiger partial charge on any atom is -0.449 e. The molecule has 7 heteroatoms. The van der Waals surface area contributed by atoms with Crippen molar-refractivity contribution in [3.8, 4) is 17.6 Å². The number of ether oxygens (including phenoxy) is 2. The highest BCUT2D eigenvalue weighted by Gasteiger charge is 2.31. The minimum atomic E-state index is -0.604. The Labute approximate surface area is 204 Å². The summed E-state index contributed by atoms with van der Waals surface area (Å²) in [7, 11) is 0. The standard InChI is InChI=1S/C27H19BrN2O4/c1-14-3-10-22-20(11-14)15(2)25(33-22)27(31)32-18-8-9-19-23(12-18)34-26(30)21(13-29)24(19)16-4-6-17(28)7-5-16/h3-12,24H,30H2,1-2H3. The second-order valence-electron chi connectivity index (χ2n) is 8.12. The van der Waals surface area contributed by atoms with E-state index in [2.05, 4.69) is 22.0 Å². The van der Waals surface area contributed by atoms with Crippen LogP contribution in [-0.4, -0.2) is 5.97 Å². The summed E-state index contributed by atoms with van der Waals surface area (Å²) in [5, 5.41) is 10.6. The van der Waals surface area contributed by atoms with E-state index in [1.165, 1.54) is 0 Å². The molecule has 0 saturated carbocycles. The highest BCUT2D eigenvalue weighted by molar-refractivity contribution is 9.10. The summed E-state index contributed by atoms with van der Waals surface area (Å²) in [5.41, 5.74) is 10.5. The average molecular weight is 515 g/mol. The molecule has 4 aromatic rings. The number of hydrogen-bond donors (Lipinski definition) is 1. The lowest BCUT2D eigenvalue weighted by atomic mass is 9.83. The van der Waals surface area contributed by atoms with Gasteiger partial charge < -0.3 is 19.6 Å². The van der Waals surface area contributed by atoms with Crippen LogP contribution in [0.4, 0.5) is 0 Å². The van der Waals surface area contributed by atoms with Crippen molar-refractivity contribution in [2.45, 2.75) is 19.8 Å². The Morgan fingerprint density at radius 3 is 2.59 bits per heavy atom. The van der Waals surface area contributed by atoms with E-state index in [9.17, 15) is 10.1 Å². The zero-order valence-electron chi connectivity index (χ0n) is 18.4. The molecule has 0 amide bonds. The number of rotatable bonds is 3. The van der Waals surface area contributed by atoms with E-state index in [4.69, 9.17) is 19.6 Å². The number of hydrogen-bond acceptors (Lipinski definition) is 6. The number of esters is 1. The highest BCUT2D eigenvalue weighted by Crippen LogP contribution is 2.43. The number of nitrogens with two attached hydrogens (primary N) is 1. The molecule has 1 unspecified atom stereocenters. The Hall–Kier alpha value is -4.02. The molecule has 2 heterocycles. The number of halogens is 1. The summed E-state index contributed by atoms with van der Waals surface area (Å²) in [4.78, 5) is 12.9. The number of furan rings is 1. The molecule has 1 aliphatic heterocycles. The fourth-order valence-corrected chi connectivity index (χ4v) is 4.44. The van der Waals surface area contributed by atoms with Crippen LogP contribution in [0, 0.1) is 25.2 Å². The molecule has 5 rings (SSSR count). The van der Waals surface area contributed by atoms with Gasteiger partial charge >= 0.3 is 5.97 Å². The van der Waals surface area contributed by atoms with Gasteiger partial charge in [-0.3, -0.25) is 0 Å². The Balaban J connectivity index is 1.49. The maximum atomic E-state index is 12.9. The number of benzene rings is 3. The van der Waals surface area contributed by atoms with Gasteiger partial charge in [-0.25, -0.2) is 4.79 Å². The van der Waals surface area contributed by atoms with Crippen molar-refractivity contribution in [1.29, 1.82) is 5.26 Å². The van der Waals surface area contributed by atoms with E-state index in [1.807, 2.05) is 56.3 Å². The molecular weight excluding hydrogens is 496 g/mol. The number of aryl methyl sites for hydroxylation is 2. The van der Waals surface area contributed by atoms with E-state index in [1.54, 1.807) is 18.2 Å². The molecule has 1 aliphatic rings. The monoisotopic (exact) mass is 514 g/mol. The first-order valence-corrected chi connectivity index (χ1v) is 11.3. The number of carbonyl (C=O) groups is 1. The molecule has 0 spiro atoms. The summed E-state index contributed by atoms with van der Waals surface area (Å²) in [6.45, 7) is 3.81. The number of fused-ring (bicyclic) bond motifs is 2. The van der Waals surface area contributed by atoms with Crippen LogP contribution in [0.2, 0.25) is 0 Å². The van der Waals surface area contributed by atoms with Gasteiger partial charge in [0.05, 0.1) is 5.92 Å². The molecule has 34 heavy (non-hydrogen) atoms. The first-order valence-electron chi connectivity index (χ1n) is 10.5. The third kappa shape index (κ3) is 3.72. The van der Waals surface area contributed by atoms with Gasteiger partial charge in [-0.1, -0.05) is 45.8 Å². The average Bonchev–Trinajstić information content (AvgIpc) is 3.14. The van der Waals surface area contributed by atoms with Gasteiger partial charge in [-0.2, -0.15) is 5.26 Å². The minimum absolute atomic E-state index is 0.0230. The van der Waals surface area contributed by atoms with Crippen LogP contribution < -0.4 is 15.2 Å². The van der Waals surface area contributed by atoms with Gasteiger partial charge in [-0.05, 0) is 49.7 Å². The second kappa shape index (κ2) is 8.40. The van der Waals surface area contributed by atoms with Crippen molar-refractivity contribution in [3.63, 3.8) is 0 Å². The second-order valence-corrected chi connectivity index (χ2v) is 9.04. The maximum Gasteiger partial charge on any atom is 0.379 e. The van der Waals surface area contributed by atoms with E-state index in [0.29, 0.717) is 16.9 Å². The molecule has 0 saturated heterocycles. The largest absolute Gasteiger partial charge is 0.449 e. The summed E-state index contributed by atoms with van der Waals surface area (Å²) < 4.78 is 18.0. The Morgan fingerprint density at radius 1 is 1.09 bits per heavy atom. The molecule has 1 atom stereocenters. The lowest BCUT2D eigenvalue weighted by molar-refractivity contribution is 0.0702. The zero-order chi connectivity index (χ0) is 24.0. The zero-order valence-corrected chi connectivity index (χ0v) is 20.0. The third-order valence-corrected chi connectivity index (χ3v) is 6.41. The first kappa shape index (κ1) is 21.8. The molecule has 6 nitrogen and oxygen atoms in total. The number of nitrogens with zero attached hydrogens (tertiary/aromatic N) is 1. The molecule has 0 radical (unpaired) electrons. The number of carbonyl (C=O) groups excluding carboxylic acids is 1. The predicted molar refractivity (Wildman–Crippen MR) is 131 cm³/mol. The third-order valence-electron chi connectivity index (χ3n) is 5.88. The molecule has 168 valence electrons. The van der Waals surface area contributed by atoms with Crippen LogP contribution in [0.25, 0.3) is 11.0 Å². The Bertz CT molecular complexity index is 1530. The smallest absolute Gasteiger partial charge is 0.379 e. The molecule has 1 aromatic heterocycles. The van der Waals surface area contributed by atoms with Crippen molar-refractivity contribution in [2.75, 3.05) is 0 Å². The predicted octanol–water partition coefficient (Wildman–Crippen LogP) is 6.25. The van der Waals surface area contributed by atoms with Gasteiger partial charge in [0.25, 0.3) is 0 Å². The van der Waals surface area contributed by atoms with Crippen molar-refractivity contribution < 1.29 is 18.7 Å². The van der Waals surface area contributed by atoms with Crippen LogP contribution in [-0.2, 0) is 0 Å². The van der Waals surface area contributed by atoms with Crippen LogP contribution in [0.15, 0.2) is 81.0 Å². The highest BCUT2D eigenvalue weighted by atomic mass is 79.9. The Morgan fingerprint density at radius 2 is 1.85 bits per heavy atom. The topological polar surface area (TPSA) is 98.5 Å². The number of nitriles is 1. The van der Waals surface area contributed by atoms with Gasteiger partial charge in [0.15, 0.2) is 0 Å². The normalized spacial score (nSPS) is 14.9. The Kier molecular flexibility index (Phi) is 5.39. The van der Waals surface area contributed by atoms with Gasteiger partial charge in [0.2, 0.25) is 11.6 Å². The summed E-state index contributed by atoms with van der Waals surface area (Å²) in [6, 6.07) is 20.6. The van der Waals surface area contributed by atoms with E-state index in [0.717, 1.165) is 32.1 Å². The van der Waals surface area contributed by atoms with Crippen molar-refractivity contribution in [3.05, 3.63) is 105 Å².